The fourth-order valence-electron chi connectivity index (χ4n) is 2.27. The molecule has 4 heteroatoms. The summed E-state index contributed by atoms with van der Waals surface area (Å²) in [4.78, 5) is 12.2. The van der Waals surface area contributed by atoms with Crippen LogP contribution in [0.15, 0.2) is 71.6 Å². The van der Waals surface area contributed by atoms with Crippen LogP contribution in [0.3, 0.4) is 0 Å². The molecule has 3 rings (SSSR count). The molecule has 0 saturated carbocycles. The molecule has 1 aromatic rings. The van der Waals surface area contributed by atoms with Crippen LogP contribution in [0.5, 0.6) is 0 Å². The van der Waals surface area contributed by atoms with Crippen LogP contribution < -0.4 is 5.32 Å². The van der Waals surface area contributed by atoms with E-state index in [1.807, 2.05) is 67.8 Å². The van der Waals surface area contributed by atoms with Crippen LogP contribution in [0.1, 0.15) is 18.5 Å². The summed E-state index contributed by atoms with van der Waals surface area (Å²) < 4.78 is 1.78. The van der Waals surface area contributed by atoms with E-state index in [1.54, 1.807) is 4.70 Å². The molecule has 0 bridgehead atoms. The van der Waals surface area contributed by atoms with Gasteiger partial charge in [0.2, 0.25) is 6.04 Å². The molecule has 0 fully saturated rings. The Morgan fingerprint density at radius 3 is 2.85 bits per heavy atom. The zero-order valence-electron chi connectivity index (χ0n) is 11.2. The Morgan fingerprint density at radius 1 is 1.30 bits per heavy atom. The maximum Gasteiger partial charge on any atom is 0.276 e. The molecule has 2 heterocycles. The second-order valence-corrected chi connectivity index (χ2v) is 4.85. The number of carbonyl (C=O) groups is 1. The summed E-state index contributed by atoms with van der Waals surface area (Å²) in [5, 5.41) is 7.27. The number of benzene rings is 1. The fourth-order valence-corrected chi connectivity index (χ4v) is 2.27. The minimum atomic E-state index is -0.141. The predicted octanol–water partition coefficient (Wildman–Crippen LogP) is 2.68. The number of azo groups is 2. The van der Waals surface area contributed by atoms with Crippen LogP contribution >= 0.6 is 0 Å². The average molecular weight is 266 g/mol. The smallest absolute Gasteiger partial charge is 0.276 e. The van der Waals surface area contributed by atoms with Gasteiger partial charge in [0.25, 0.3) is 5.91 Å². The van der Waals surface area contributed by atoms with E-state index in [0.29, 0.717) is 5.70 Å². The van der Waals surface area contributed by atoms with Crippen LogP contribution in [0.2, 0.25) is 0 Å². The van der Waals surface area contributed by atoms with Gasteiger partial charge < -0.3 is 5.32 Å². The van der Waals surface area contributed by atoms with Gasteiger partial charge in [-0.25, -0.2) is 0 Å². The summed E-state index contributed by atoms with van der Waals surface area (Å²) in [7, 11) is 0. The molecule has 100 valence electrons. The molecule has 0 aromatic heterocycles. The van der Waals surface area contributed by atoms with Crippen molar-refractivity contribution in [2.24, 2.45) is 5.11 Å². The number of fused-ring (bicyclic) bond motifs is 1. The van der Waals surface area contributed by atoms with Gasteiger partial charge >= 0.3 is 0 Å². The van der Waals surface area contributed by atoms with E-state index in [9.17, 15) is 4.79 Å². The number of allylic oxidation sites excluding steroid dienone is 2. The predicted molar refractivity (Wildman–Crippen MR) is 75.8 cm³/mol. The van der Waals surface area contributed by atoms with E-state index in [1.165, 1.54) is 0 Å². The second kappa shape index (κ2) is 5.25. The van der Waals surface area contributed by atoms with E-state index >= 15 is 0 Å². The minimum Gasteiger partial charge on any atom is -0.344 e. The van der Waals surface area contributed by atoms with Gasteiger partial charge in [-0.2, -0.15) is 0 Å². The molecular formula is C16H16N3O+. The van der Waals surface area contributed by atoms with E-state index in [4.69, 9.17) is 0 Å². The number of hydrogen-bond acceptors (Lipinski definition) is 2. The van der Waals surface area contributed by atoms with E-state index in [-0.39, 0.29) is 18.0 Å². The van der Waals surface area contributed by atoms with Crippen molar-refractivity contribution in [3.63, 3.8) is 0 Å². The summed E-state index contributed by atoms with van der Waals surface area (Å²) in [6.45, 7) is 1.97. The van der Waals surface area contributed by atoms with Gasteiger partial charge in [0.05, 0.1) is 6.04 Å². The third-order valence-electron chi connectivity index (χ3n) is 3.40. The first-order chi connectivity index (χ1) is 9.74. The quantitative estimate of drug-likeness (QED) is 0.840. The van der Waals surface area contributed by atoms with Gasteiger partial charge in [-0.05, 0) is 18.6 Å². The van der Waals surface area contributed by atoms with Crippen LogP contribution in [-0.4, -0.2) is 16.6 Å². The van der Waals surface area contributed by atoms with Crippen molar-refractivity contribution in [1.82, 2.24) is 5.32 Å². The molecule has 1 N–H and O–H groups in total. The molecule has 1 unspecified atom stereocenters. The fraction of sp³-hybridized carbons (Fsp3) is 0.188. The normalized spacial score (nSPS) is 20.9. The lowest BCUT2D eigenvalue weighted by atomic mass is 10.1. The van der Waals surface area contributed by atoms with Crippen LogP contribution in [0.25, 0.3) is 0 Å². The lowest BCUT2D eigenvalue weighted by Gasteiger charge is -2.12. The molecule has 0 saturated heterocycles. The molecule has 0 radical (unpaired) electrons. The van der Waals surface area contributed by atoms with E-state index in [0.717, 1.165) is 5.56 Å². The van der Waals surface area contributed by atoms with Gasteiger partial charge in [-0.15, -0.1) is 0 Å². The monoisotopic (exact) mass is 266 g/mol. The Morgan fingerprint density at radius 2 is 2.10 bits per heavy atom. The molecule has 0 spiro atoms. The van der Waals surface area contributed by atoms with Crippen molar-refractivity contribution in [2.45, 2.75) is 19.0 Å². The zero-order chi connectivity index (χ0) is 13.9. The Hall–Kier alpha value is -2.49. The molecule has 1 amide bonds. The second-order valence-electron chi connectivity index (χ2n) is 4.85. The largest absolute Gasteiger partial charge is 0.344 e. The molecule has 2 aliphatic rings. The van der Waals surface area contributed by atoms with Gasteiger partial charge in [-0.1, -0.05) is 41.1 Å². The maximum atomic E-state index is 12.2. The Bertz CT molecular complexity index is 641. The highest BCUT2D eigenvalue weighted by Gasteiger charge is 2.30. The lowest BCUT2D eigenvalue weighted by molar-refractivity contribution is -0.535. The molecule has 2 aliphatic heterocycles. The van der Waals surface area contributed by atoms with Gasteiger partial charge in [0.15, 0.2) is 11.9 Å². The SMILES string of the molecule is C[C@@H](NC(=O)C1=CC2C=CC=C[N+]2=N1)c1ccccc1. The average Bonchev–Trinajstić information content (AvgIpc) is 2.92. The van der Waals surface area contributed by atoms with Crippen molar-refractivity contribution in [2.75, 3.05) is 0 Å². The number of nitrogens with one attached hydrogen (secondary N) is 1. The number of rotatable bonds is 3. The highest BCUT2D eigenvalue weighted by atomic mass is 16.2. The lowest BCUT2D eigenvalue weighted by Crippen LogP contribution is -2.27. The maximum absolute atomic E-state index is 12.2. The molecule has 1 aromatic carbocycles. The number of amides is 1. The first-order valence-corrected chi connectivity index (χ1v) is 6.66. The third-order valence-corrected chi connectivity index (χ3v) is 3.40. The summed E-state index contributed by atoms with van der Waals surface area (Å²) in [6.07, 6.45) is 9.60. The van der Waals surface area contributed by atoms with Crippen LogP contribution in [0.4, 0.5) is 0 Å². The van der Waals surface area contributed by atoms with Gasteiger partial charge in [0, 0.05) is 17.3 Å². The Labute approximate surface area is 117 Å². The summed E-state index contributed by atoms with van der Waals surface area (Å²) in [5.74, 6) is -0.141. The minimum absolute atomic E-state index is 0.0384. The van der Waals surface area contributed by atoms with Crippen LogP contribution in [-0.2, 0) is 4.79 Å². The van der Waals surface area contributed by atoms with Crippen molar-refractivity contribution < 1.29 is 9.49 Å². The van der Waals surface area contributed by atoms with Crippen molar-refractivity contribution >= 4 is 5.91 Å². The van der Waals surface area contributed by atoms with Crippen molar-refractivity contribution in [1.29, 1.82) is 0 Å². The first-order valence-electron chi connectivity index (χ1n) is 6.66. The molecule has 2 atom stereocenters. The van der Waals surface area contributed by atoms with E-state index in [2.05, 4.69) is 10.4 Å². The topological polar surface area (TPSA) is 44.5 Å². The number of nitrogens with zero attached hydrogens (tertiary/aromatic N) is 2. The Balaban J connectivity index is 1.70. The van der Waals surface area contributed by atoms with E-state index < -0.39 is 0 Å². The van der Waals surface area contributed by atoms with Gasteiger partial charge in [-0.3, -0.25) is 4.79 Å². The molecule has 20 heavy (non-hydrogen) atoms. The van der Waals surface area contributed by atoms with Crippen LogP contribution in [0, 0.1) is 0 Å². The standard InChI is InChI=1S/C16H15N3O/c1-12(13-7-3-2-4-8-13)17-16(20)15-11-14-9-5-6-10-19(14)18-15/h2-12,14H,1H3/p+1/t12-,14?/m1/s1. The molecular weight excluding hydrogens is 250 g/mol. The molecule has 0 aliphatic carbocycles. The van der Waals surface area contributed by atoms with Crippen molar-refractivity contribution in [3.05, 3.63) is 72.1 Å². The van der Waals surface area contributed by atoms with Crippen molar-refractivity contribution in [3.8, 4) is 0 Å². The molecule has 4 nitrogen and oxygen atoms in total. The Kier molecular flexibility index (Phi) is 3.29. The number of hydrogen-bond donors (Lipinski definition) is 1. The summed E-state index contributed by atoms with van der Waals surface area (Å²) >= 11 is 0. The van der Waals surface area contributed by atoms with Gasteiger partial charge in [0.1, 0.15) is 0 Å². The number of carbonyl (C=O) groups excluding carboxylic acids is 1. The summed E-state index contributed by atoms with van der Waals surface area (Å²) in [6, 6.07) is 9.92. The highest BCUT2D eigenvalue weighted by molar-refractivity contribution is 5.93. The third kappa shape index (κ3) is 2.45. The zero-order valence-corrected chi connectivity index (χ0v) is 11.2. The first kappa shape index (κ1) is 12.5. The highest BCUT2D eigenvalue weighted by Crippen LogP contribution is 2.19. The summed E-state index contributed by atoms with van der Waals surface area (Å²) in [5.41, 5.74) is 1.55.